The van der Waals surface area contributed by atoms with E-state index in [4.69, 9.17) is 11.6 Å². The van der Waals surface area contributed by atoms with E-state index in [1.165, 1.54) is 17.5 Å². The summed E-state index contributed by atoms with van der Waals surface area (Å²) in [6.07, 6.45) is 5.42. The summed E-state index contributed by atoms with van der Waals surface area (Å²) in [5.41, 5.74) is 1.83. The molecule has 2 atom stereocenters. The number of carbonyl (C=O) groups is 2. The first-order valence-electron chi connectivity index (χ1n) is 7.96. The number of carbonyl (C=O) groups excluding carboxylic acids is 2. The van der Waals surface area contributed by atoms with Crippen molar-refractivity contribution in [2.75, 3.05) is 6.54 Å². The molecule has 2 heterocycles. The molecule has 3 rings (SSSR count). The van der Waals surface area contributed by atoms with Gasteiger partial charge in [-0.1, -0.05) is 30.7 Å². The van der Waals surface area contributed by atoms with E-state index in [1.54, 1.807) is 0 Å². The number of amides is 2. The number of rotatable bonds is 4. The van der Waals surface area contributed by atoms with Crippen molar-refractivity contribution in [3.05, 3.63) is 45.9 Å². The van der Waals surface area contributed by atoms with E-state index >= 15 is 0 Å². The summed E-state index contributed by atoms with van der Waals surface area (Å²) in [6, 6.07) is 5.16. The minimum atomic E-state index is -0.495. The monoisotopic (exact) mass is 375 g/mol. The quantitative estimate of drug-likeness (QED) is 0.860. The lowest BCUT2D eigenvalue weighted by atomic mass is 10.1. The van der Waals surface area contributed by atoms with Gasteiger partial charge in [0, 0.05) is 23.0 Å². The molecule has 1 fully saturated rings. The summed E-state index contributed by atoms with van der Waals surface area (Å²) in [5, 5.41) is 6.85. The van der Waals surface area contributed by atoms with Crippen LogP contribution < -0.4 is 10.6 Å². The fourth-order valence-electron chi connectivity index (χ4n) is 2.71. The average Bonchev–Trinajstić information content (AvgIpc) is 3.17. The summed E-state index contributed by atoms with van der Waals surface area (Å²) in [5.74, 6) is -0.357. The molecule has 5 nitrogen and oxygen atoms in total. The van der Waals surface area contributed by atoms with Gasteiger partial charge in [-0.05, 0) is 30.7 Å². The van der Waals surface area contributed by atoms with Gasteiger partial charge in [0.1, 0.15) is 15.9 Å². The average molecular weight is 376 g/mol. The van der Waals surface area contributed by atoms with Crippen molar-refractivity contribution >= 4 is 40.8 Å². The maximum Gasteiger partial charge on any atom is 0.263 e. The summed E-state index contributed by atoms with van der Waals surface area (Å²) in [6.45, 7) is 4.44. The Hall–Kier alpha value is -2.18. The Labute approximate surface area is 155 Å². The molecule has 2 aromatic rings. The summed E-state index contributed by atoms with van der Waals surface area (Å²) < 4.78 is 0. The second kappa shape index (κ2) is 7.37. The first-order valence-corrected chi connectivity index (χ1v) is 9.15. The third kappa shape index (κ3) is 3.91. The van der Waals surface area contributed by atoms with E-state index in [0.717, 1.165) is 11.1 Å². The standard InChI is InChI=1S/C18H18ClN3O2S/c1-3-4-11-5-12(7-13(19)6-11)18-21-9-14(25-18)16(23)22-15-10(2)8-20-17(15)24/h3-7,9-10,15H,8H2,1-2H3,(H,20,24)(H,22,23)/b4-3+/t10-,15-/m0/s1. The topological polar surface area (TPSA) is 71.1 Å². The van der Waals surface area contributed by atoms with E-state index in [9.17, 15) is 9.59 Å². The van der Waals surface area contributed by atoms with Crippen LogP contribution in [-0.4, -0.2) is 29.4 Å². The minimum absolute atomic E-state index is 0.0696. The predicted molar refractivity (Wildman–Crippen MR) is 101 cm³/mol. The van der Waals surface area contributed by atoms with Crippen molar-refractivity contribution in [3.8, 4) is 10.6 Å². The van der Waals surface area contributed by atoms with E-state index in [2.05, 4.69) is 15.6 Å². The van der Waals surface area contributed by atoms with Gasteiger partial charge in [0.2, 0.25) is 5.91 Å². The smallest absolute Gasteiger partial charge is 0.263 e. The maximum atomic E-state index is 12.4. The molecule has 0 radical (unpaired) electrons. The molecule has 0 spiro atoms. The highest BCUT2D eigenvalue weighted by molar-refractivity contribution is 7.16. The van der Waals surface area contributed by atoms with Crippen LogP contribution in [-0.2, 0) is 4.79 Å². The zero-order chi connectivity index (χ0) is 18.0. The molecule has 130 valence electrons. The Morgan fingerprint density at radius 2 is 2.24 bits per heavy atom. The molecule has 0 bridgehead atoms. The lowest BCUT2D eigenvalue weighted by Crippen LogP contribution is -2.42. The number of thiazole rings is 1. The van der Waals surface area contributed by atoms with Gasteiger partial charge in [-0.15, -0.1) is 11.3 Å². The lowest BCUT2D eigenvalue weighted by Gasteiger charge is -2.13. The van der Waals surface area contributed by atoms with Gasteiger partial charge < -0.3 is 10.6 Å². The first-order chi connectivity index (χ1) is 12.0. The second-order valence-electron chi connectivity index (χ2n) is 5.98. The number of halogens is 1. The molecule has 1 aliphatic rings. The van der Waals surface area contributed by atoms with E-state index in [-0.39, 0.29) is 17.7 Å². The fraction of sp³-hybridized carbons (Fsp3) is 0.278. The van der Waals surface area contributed by atoms with Crippen molar-refractivity contribution in [2.24, 2.45) is 5.92 Å². The Kier molecular flexibility index (Phi) is 5.20. The normalized spacial score (nSPS) is 20.0. The highest BCUT2D eigenvalue weighted by atomic mass is 35.5. The predicted octanol–water partition coefficient (Wildman–Crippen LogP) is 3.36. The van der Waals surface area contributed by atoms with Crippen molar-refractivity contribution in [3.63, 3.8) is 0 Å². The van der Waals surface area contributed by atoms with E-state index in [1.807, 2.05) is 44.2 Å². The number of benzene rings is 1. The summed E-state index contributed by atoms with van der Waals surface area (Å²) >= 11 is 7.45. The Morgan fingerprint density at radius 1 is 1.44 bits per heavy atom. The molecule has 25 heavy (non-hydrogen) atoms. The molecule has 0 unspecified atom stereocenters. The molecule has 1 saturated heterocycles. The van der Waals surface area contributed by atoms with Crippen LogP contribution in [0.2, 0.25) is 5.02 Å². The summed E-state index contributed by atoms with van der Waals surface area (Å²) in [7, 11) is 0. The summed E-state index contributed by atoms with van der Waals surface area (Å²) in [4.78, 5) is 29.0. The Morgan fingerprint density at radius 3 is 2.92 bits per heavy atom. The zero-order valence-electron chi connectivity index (χ0n) is 13.9. The van der Waals surface area contributed by atoms with Gasteiger partial charge in [0.15, 0.2) is 0 Å². The van der Waals surface area contributed by atoms with Gasteiger partial charge in [-0.2, -0.15) is 0 Å². The van der Waals surface area contributed by atoms with Crippen LogP contribution in [0.3, 0.4) is 0 Å². The molecular formula is C18H18ClN3O2S. The SMILES string of the molecule is C/C=C/c1cc(Cl)cc(-c2ncc(C(=O)N[C@@H]3C(=O)NC[C@@H]3C)s2)c1. The van der Waals surface area contributed by atoms with Crippen LogP contribution in [0.4, 0.5) is 0 Å². The van der Waals surface area contributed by atoms with Gasteiger partial charge in [0.05, 0.1) is 6.20 Å². The molecule has 2 amide bonds. The van der Waals surface area contributed by atoms with Crippen LogP contribution in [0.5, 0.6) is 0 Å². The molecule has 2 N–H and O–H groups in total. The van der Waals surface area contributed by atoms with Gasteiger partial charge >= 0.3 is 0 Å². The number of nitrogens with one attached hydrogen (secondary N) is 2. The van der Waals surface area contributed by atoms with Crippen LogP contribution in [0.1, 0.15) is 29.1 Å². The molecule has 1 aromatic heterocycles. The number of allylic oxidation sites excluding steroid dienone is 1. The first kappa shape index (κ1) is 17.6. The van der Waals surface area contributed by atoms with Crippen LogP contribution >= 0.6 is 22.9 Å². The molecule has 7 heteroatoms. The zero-order valence-corrected chi connectivity index (χ0v) is 15.4. The van der Waals surface area contributed by atoms with Crippen molar-refractivity contribution < 1.29 is 9.59 Å². The van der Waals surface area contributed by atoms with Crippen LogP contribution in [0.15, 0.2) is 30.5 Å². The molecule has 1 aromatic carbocycles. The number of aromatic nitrogens is 1. The fourth-order valence-corrected chi connectivity index (χ4v) is 3.75. The molecular weight excluding hydrogens is 358 g/mol. The van der Waals surface area contributed by atoms with Gasteiger partial charge in [0.25, 0.3) is 5.91 Å². The van der Waals surface area contributed by atoms with Crippen molar-refractivity contribution in [1.29, 1.82) is 0 Å². The highest BCUT2D eigenvalue weighted by Gasteiger charge is 2.33. The highest BCUT2D eigenvalue weighted by Crippen LogP contribution is 2.29. The maximum absolute atomic E-state index is 12.4. The van der Waals surface area contributed by atoms with Crippen molar-refractivity contribution in [2.45, 2.75) is 19.9 Å². The largest absolute Gasteiger partial charge is 0.354 e. The van der Waals surface area contributed by atoms with E-state index in [0.29, 0.717) is 21.5 Å². The van der Waals surface area contributed by atoms with Gasteiger partial charge in [-0.3, -0.25) is 9.59 Å². The molecule has 0 aliphatic carbocycles. The van der Waals surface area contributed by atoms with Crippen LogP contribution in [0, 0.1) is 5.92 Å². The third-order valence-electron chi connectivity index (χ3n) is 3.99. The number of hydrogen-bond donors (Lipinski definition) is 2. The van der Waals surface area contributed by atoms with E-state index < -0.39 is 6.04 Å². The minimum Gasteiger partial charge on any atom is -0.354 e. The van der Waals surface area contributed by atoms with Gasteiger partial charge in [-0.25, -0.2) is 4.98 Å². The molecule has 1 aliphatic heterocycles. The second-order valence-corrected chi connectivity index (χ2v) is 7.44. The van der Waals surface area contributed by atoms with Crippen molar-refractivity contribution in [1.82, 2.24) is 15.6 Å². The lowest BCUT2D eigenvalue weighted by molar-refractivity contribution is -0.121. The Balaban J connectivity index is 1.80. The van der Waals surface area contributed by atoms with Crippen LogP contribution in [0.25, 0.3) is 16.6 Å². The molecule has 0 saturated carbocycles. The number of nitrogens with zero attached hydrogens (tertiary/aromatic N) is 1. The number of hydrogen-bond acceptors (Lipinski definition) is 4. The Bertz CT molecular complexity index is 847. The third-order valence-corrected chi connectivity index (χ3v) is 5.26.